The summed E-state index contributed by atoms with van der Waals surface area (Å²) in [6.07, 6.45) is 1.58. The van der Waals surface area contributed by atoms with E-state index >= 15 is 0 Å². The van der Waals surface area contributed by atoms with Crippen LogP contribution in [0.5, 0.6) is 0 Å². The Bertz CT molecular complexity index is 1140. The predicted molar refractivity (Wildman–Crippen MR) is 98.8 cm³/mol. The number of aromatic nitrogens is 3. The number of fused-ring (bicyclic) bond motifs is 1. The third-order valence-electron chi connectivity index (χ3n) is 3.66. The molecule has 2 heterocycles. The molecule has 0 saturated heterocycles. The Balaban J connectivity index is 1.53. The molecule has 0 atom stereocenters. The number of rotatable bonds is 4. The van der Waals surface area contributed by atoms with E-state index in [1.54, 1.807) is 36.5 Å². The maximum absolute atomic E-state index is 13.0. The molecule has 5 nitrogen and oxygen atoms in total. The quantitative estimate of drug-likeness (QED) is 0.515. The molecule has 0 aliphatic heterocycles. The number of nitrogens with zero attached hydrogens (tertiary/aromatic N) is 2. The zero-order valence-corrected chi connectivity index (χ0v) is 14.8. The maximum atomic E-state index is 13.0. The van der Waals surface area contributed by atoms with E-state index in [2.05, 4.69) is 15.0 Å². The summed E-state index contributed by atoms with van der Waals surface area (Å²) < 4.78 is 18.6. The van der Waals surface area contributed by atoms with Crippen LogP contribution >= 0.6 is 23.4 Å². The maximum Gasteiger partial charge on any atom is 0.258 e. The molecule has 0 aliphatic rings. The lowest BCUT2D eigenvalue weighted by Gasteiger charge is -2.02. The van der Waals surface area contributed by atoms with Gasteiger partial charge in [0.1, 0.15) is 11.6 Å². The van der Waals surface area contributed by atoms with Crippen LogP contribution in [0.15, 0.2) is 63.1 Å². The fourth-order valence-electron chi connectivity index (χ4n) is 2.43. The normalized spacial score (nSPS) is 11.2. The molecule has 0 fully saturated rings. The van der Waals surface area contributed by atoms with Crippen molar-refractivity contribution in [2.75, 3.05) is 0 Å². The minimum absolute atomic E-state index is 0.221. The zero-order valence-electron chi connectivity index (χ0n) is 13.2. The standard InChI is InChI=1S/C18H11ClFN3O2S/c19-11-3-6-13-14(7-11)22-16(23-17(13)24)9-26-18-21-8-15(25-18)10-1-4-12(20)5-2-10/h1-8H,9H2,(H,22,23,24). The summed E-state index contributed by atoms with van der Waals surface area (Å²) in [5.74, 6) is 1.10. The van der Waals surface area contributed by atoms with Gasteiger partial charge in [0, 0.05) is 10.6 Å². The van der Waals surface area contributed by atoms with E-state index in [-0.39, 0.29) is 11.4 Å². The Hall–Kier alpha value is -2.64. The molecule has 0 spiro atoms. The van der Waals surface area contributed by atoms with E-state index in [0.29, 0.717) is 38.5 Å². The SMILES string of the molecule is O=c1[nH]c(CSc2ncc(-c3ccc(F)cc3)o2)nc2cc(Cl)ccc12. The number of hydrogen-bond acceptors (Lipinski definition) is 5. The van der Waals surface area contributed by atoms with E-state index in [0.717, 1.165) is 5.56 Å². The highest BCUT2D eigenvalue weighted by atomic mass is 35.5. The third kappa shape index (κ3) is 3.49. The summed E-state index contributed by atoms with van der Waals surface area (Å²) in [6.45, 7) is 0. The highest BCUT2D eigenvalue weighted by Gasteiger charge is 2.10. The largest absolute Gasteiger partial charge is 0.431 e. The molecule has 0 aliphatic carbocycles. The second-order valence-corrected chi connectivity index (χ2v) is 6.82. The van der Waals surface area contributed by atoms with Gasteiger partial charge in [-0.25, -0.2) is 14.4 Å². The van der Waals surface area contributed by atoms with E-state index in [4.69, 9.17) is 16.0 Å². The van der Waals surface area contributed by atoms with Crippen molar-refractivity contribution < 1.29 is 8.81 Å². The van der Waals surface area contributed by atoms with Crippen molar-refractivity contribution in [2.24, 2.45) is 0 Å². The van der Waals surface area contributed by atoms with Gasteiger partial charge < -0.3 is 9.40 Å². The van der Waals surface area contributed by atoms with Crippen LogP contribution in [0.2, 0.25) is 5.02 Å². The summed E-state index contributed by atoms with van der Waals surface area (Å²) in [6, 6.07) is 10.9. The van der Waals surface area contributed by atoms with E-state index in [1.807, 2.05) is 0 Å². The van der Waals surface area contributed by atoms with Gasteiger partial charge in [-0.3, -0.25) is 4.79 Å². The third-order valence-corrected chi connectivity index (χ3v) is 4.75. The van der Waals surface area contributed by atoms with Crippen LogP contribution in [0.4, 0.5) is 4.39 Å². The Kier molecular flexibility index (Phi) is 4.48. The second-order valence-electron chi connectivity index (χ2n) is 5.46. The molecule has 0 bridgehead atoms. The van der Waals surface area contributed by atoms with Gasteiger partial charge in [-0.15, -0.1) is 0 Å². The Morgan fingerprint density at radius 3 is 2.81 bits per heavy atom. The molecule has 0 amide bonds. The summed E-state index contributed by atoms with van der Waals surface area (Å²) in [5.41, 5.74) is 1.05. The number of thioether (sulfide) groups is 1. The Morgan fingerprint density at radius 1 is 1.19 bits per heavy atom. The number of oxazole rings is 1. The molecule has 2 aromatic heterocycles. The van der Waals surface area contributed by atoms with E-state index in [1.165, 1.54) is 23.9 Å². The van der Waals surface area contributed by atoms with Gasteiger partial charge in [-0.05, 0) is 42.5 Å². The number of nitrogens with one attached hydrogen (secondary N) is 1. The number of halogens is 2. The summed E-state index contributed by atoms with van der Waals surface area (Å²) in [4.78, 5) is 23.5. The summed E-state index contributed by atoms with van der Waals surface area (Å²) in [5, 5.41) is 1.43. The Morgan fingerprint density at radius 2 is 2.00 bits per heavy atom. The number of hydrogen-bond donors (Lipinski definition) is 1. The predicted octanol–water partition coefficient (Wildman–Crippen LogP) is 4.66. The van der Waals surface area contributed by atoms with Gasteiger partial charge in [0.2, 0.25) is 0 Å². The highest BCUT2D eigenvalue weighted by molar-refractivity contribution is 7.98. The van der Waals surface area contributed by atoms with Crippen LogP contribution < -0.4 is 5.56 Å². The van der Waals surface area contributed by atoms with Gasteiger partial charge in [0.05, 0.1) is 22.9 Å². The number of aromatic amines is 1. The summed E-state index contributed by atoms with van der Waals surface area (Å²) >= 11 is 7.26. The number of benzene rings is 2. The van der Waals surface area contributed by atoms with Crippen molar-refractivity contribution in [1.29, 1.82) is 0 Å². The fourth-order valence-corrected chi connectivity index (χ4v) is 3.27. The van der Waals surface area contributed by atoms with Crippen LogP contribution in [0, 0.1) is 5.82 Å². The first-order valence-electron chi connectivity index (χ1n) is 7.61. The molecule has 26 heavy (non-hydrogen) atoms. The first kappa shape index (κ1) is 16.8. The van der Waals surface area contributed by atoms with Crippen LogP contribution in [0.25, 0.3) is 22.2 Å². The molecule has 130 valence electrons. The average molecular weight is 388 g/mol. The lowest BCUT2D eigenvalue weighted by atomic mass is 10.2. The van der Waals surface area contributed by atoms with Crippen LogP contribution in [0.1, 0.15) is 5.82 Å². The lowest BCUT2D eigenvalue weighted by Crippen LogP contribution is -2.11. The molecule has 2 aromatic carbocycles. The molecule has 0 radical (unpaired) electrons. The zero-order chi connectivity index (χ0) is 18.1. The monoisotopic (exact) mass is 387 g/mol. The molecular formula is C18H11ClFN3O2S. The van der Waals surface area contributed by atoms with Gasteiger partial charge in [-0.1, -0.05) is 23.4 Å². The first-order valence-corrected chi connectivity index (χ1v) is 8.98. The lowest BCUT2D eigenvalue weighted by molar-refractivity contribution is 0.466. The van der Waals surface area contributed by atoms with Gasteiger partial charge in [0.15, 0.2) is 5.76 Å². The summed E-state index contributed by atoms with van der Waals surface area (Å²) in [7, 11) is 0. The van der Waals surface area contributed by atoms with Crippen LogP contribution in [-0.2, 0) is 5.75 Å². The van der Waals surface area contributed by atoms with Gasteiger partial charge in [-0.2, -0.15) is 0 Å². The Labute approximate surface area is 156 Å². The molecule has 8 heteroatoms. The first-order chi connectivity index (χ1) is 12.6. The molecular weight excluding hydrogens is 377 g/mol. The molecule has 1 N–H and O–H groups in total. The highest BCUT2D eigenvalue weighted by Crippen LogP contribution is 2.27. The van der Waals surface area contributed by atoms with Crippen molar-refractivity contribution in [3.05, 3.63) is 75.7 Å². The van der Waals surface area contributed by atoms with Crippen molar-refractivity contribution in [2.45, 2.75) is 11.0 Å². The smallest absolute Gasteiger partial charge is 0.258 e. The van der Waals surface area contributed by atoms with E-state index < -0.39 is 0 Å². The van der Waals surface area contributed by atoms with Crippen LogP contribution in [-0.4, -0.2) is 15.0 Å². The molecule has 0 unspecified atom stereocenters. The molecule has 4 rings (SSSR count). The second kappa shape index (κ2) is 6.93. The minimum Gasteiger partial charge on any atom is -0.431 e. The number of H-pyrrole nitrogens is 1. The van der Waals surface area contributed by atoms with Gasteiger partial charge in [0.25, 0.3) is 10.8 Å². The average Bonchev–Trinajstić information content (AvgIpc) is 3.09. The van der Waals surface area contributed by atoms with Crippen molar-refractivity contribution >= 4 is 34.3 Å². The van der Waals surface area contributed by atoms with Crippen LogP contribution in [0.3, 0.4) is 0 Å². The van der Waals surface area contributed by atoms with Crippen molar-refractivity contribution in [1.82, 2.24) is 15.0 Å². The molecule has 0 saturated carbocycles. The fraction of sp³-hybridized carbons (Fsp3) is 0.0556. The van der Waals surface area contributed by atoms with Crippen molar-refractivity contribution in [3.63, 3.8) is 0 Å². The van der Waals surface area contributed by atoms with E-state index in [9.17, 15) is 9.18 Å². The minimum atomic E-state index is -0.311. The van der Waals surface area contributed by atoms with Crippen molar-refractivity contribution in [3.8, 4) is 11.3 Å². The molecule has 4 aromatic rings. The topological polar surface area (TPSA) is 71.8 Å². The van der Waals surface area contributed by atoms with Gasteiger partial charge >= 0.3 is 0 Å².